The number of benzene rings is 2. The normalized spacial score (nSPS) is 10.8. The van der Waals surface area contributed by atoms with Gasteiger partial charge in [0, 0.05) is 34.6 Å². The van der Waals surface area contributed by atoms with Crippen molar-refractivity contribution in [2.45, 2.75) is 13.0 Å². The van der Waals surface area contributed by atoms with Crippen LogP contribution < -0.4 is 10.1 Å². The molecule has 2 aromatic carbocycles. The molecule has 0 spiro atoms. The fraction of sp³-hybridized carbons (Fsp3) is 0.130. The molecular formula is C23H19FN2O2S. The lowest BCUT2D eigenvalue weighted by atomic mass is 10.1. The van der Waals surface area contributed by atoms with Crippen LogP contribution in [0.25, 0.3) is 10.1 Å². The van der Waals surface area contributed by atoms with Crippen molar-refractivity contribution in [3.63, 3.8) is 0 Å². The van der Waals surface area contributed by atoms with E-state index in [1.165, 1.54) is 17.4 Å². The minimum Gasteiger partial charge on any atom is -0.489 e. The Bertz CT molecular complexity index is 1110. The lowest BCUT2D eigenvalue weighted by Crippen LogP contribution is -2.26. The van der Waals surface area contributed by atoms with Gasteiger partial charge >= 0.3 is 0 Å². The fourth-order valence-electron chi connectivity index (χ4n) is 3.11. The maximum atomic E-state index is 14.5. The third-order valence-electron chi connectivity index (χ3n) is 4.52. The molecule has 2 heterocycles. The summed E-state index contributed by atoms with van der Waals surface area (Å²) in [4.78, 5) is 17.4. The molecule has 0 atom stereocenters. The van der Waals surface area contributed by atoms with Crippen molar-refractivity contribution < 1.29 is 13.9 Å². The first-order chi connectivity index (χ1) is 14.2. The maximum Gasteiger partial charge on any atom is 0.261 e. The first kappa shape index (κ1) is 19.1. The standard InChI is InChI=1S/C23H19FN2O2S/c24-19-9-4-10-20-21(19)18(15-28-17-7-2-1-3-8-17)22(29-20)23(27)26-13-11-16-6-5-12-25-14-16/h1-10,12,14H,11,13,15H2,(H,26,27). The van der Waals surface area contributed by atoms with E-state index in [-0.39, 0.29) is 18.3 Å². The number of carbonyl (C=O) groups excluding carboxylic acids is 1. The fourth-order valence-corrected chi connectivity index (χ4v) is 4.25. The van der Waals surface area contributed by atoms with Crippen molar-refractivity contribution >= 4 is 27.3 Å². The maximum absolute atomic E-state index is 14.5. The number of rotatable bonds is 7. The van der Waals surface area contributed by atoms with Gasteiger partial charge in [-0.15, -0.1) is 11.3 Å². The molecule has 0 radical (unpaired) electrons. The highest BCUT2D eigenvalue weighted by Crippen LogP contribution is 2.34. The Hall–Kier alpha value is -3.25. The lowest BCUT2D eigenvalue weighted by Gasteiger charge is -2.09. The van der Waals surface area contributed by atoms with E-state index >= 15 is 0 Å². The zero-order valence-electron chi connectivity index (χ0n) is 15.6. The van der Waals surface area contributed by atoms with Gasteiger partial charge in [-0.05, 0) is 42.3 Å². The molecule has 0 aliphatic rings. The van der Waals surface area contributed by atoms with E-state index < -0.39 is 0 Å². The highest BCUT2D eigenvalue weighted by molar-refractivity contribution is 7.21. The molecule has 0 aliphatic carbocycles. The molecule has 2 aromatic heterocycles. The van der Waals surface area contributed by atoms with Crippen molar-refractivity contribution in [1.29, 1.82) is 0 Å². The number of hydrogen-bond donors (Lipinski definition) is 1. The van der Waals surface area contributed by atoms with Gasteiger partial charge in [0.1, 0.15) is 18.2 Å². The SMILES string of the molecule is O=C(NCCc1cccnc1)c1sc2cccc(F)c2c1COc1ccccc1. The average Bonchev–Trinajstić information content (AvgIpc) is 3.14. The summed E-state index contributed by atoms with van der Waals surface area (Å²) in [6.45, 7) is 0.594. The van der Waals surface area contributed by atoms with Crippen LogP contribution in [0, 0.1) is 5.82 Å². The van der Waals surface area contributed by atoms with Crippen molar-refractivity contribution in [2.75, 3.05) is 6.54 Å². The van der Waals surface area contributed by atoms with E-state index in [1.807, 2.05) is 48.5 Å². The number of carbonyl (C=O) groups is 1. The number of aromatic nitrogens is 1. The molecular weight excluding hydrogens is 387 g/mol. The van der Waals surface area contributed by atoms with Crippen LogP contribution in [-0.4, -0.2) is 17.4 Å². The van der Waals surface area contributed by atoms with Crippen molar-refractivity contribution in [3.05, 3.63) is 94.9 Å². The molecule has 0 unspecified atom stereocenters. The zero-order chi connectivity index (χ0) is 20.1. The van der Waals surface area contributed by atoms with Gasteiger partial charge in [-0.2, -0.15) is 0 Å². The van der Waals surface area contributed by atoms with E-state index in [0.717, 1.165) is 10.3 Å². The van der Waals surface area contributed by atoms with Gasteiger partial charge < -0.3 is 10.1 Å². The van der Waals surface area contributed by atoms with E-state index in [4.69, 9.17) is 4.74 Å². The van der Waals surface area contributed by atoms with Crippen LogP contribution >= 0.6 is 11.3 Å². The third-order valence-corrected chi connectivity index (χ3v) is 5.71. The monoisotopic (exact) mass is 406 g/mol. The number of para-hydroxylation sites is 1. The van der Waals surface area contributed by atoms with E-state index in [9.17, 15) is 9.18 Å². The second-order valence-corrected chi connectivity index (χ2v) is 7.54. The number of thiophene rings is 1. The molecule has 6 heteroatoms. The van der Waals surface area contributed by atoms with Crippen LogP contribution in [0.2, 0.25) is 0 Å². The number of halogens is 1. The highest BCUT2D eigenvalue weighted by atomic mass is 32.1. The molecule has 1 N–H and O–H groups in total. The summed E-state index contributed by atoms with van der Waals surface area (Å²) in [5.41, 5.74) is 1.62. The molecule has 4 rings (SSSR count). The summed E-state index contributed by atoms with van der Waals surface area (Å²) in [5.74, 6) is 0.104. The number of nitrogens with one attached hydrogen (secondary N) is 1. The van der Waals surface area contributed by atoms with Crippen LogP contribution in [-0.2, 0) is 13.0 Å². The molecule has 0 bridgehead atoms. The number of nitrogens with zero attached hydrogens (tertiary/aromatic N) is 1. The smallest absolute Gasteiger partial charge is 0.261 e. The van der Waals surface area contributed by atoms with Crippen LogP contribution in [0.1, 0.15) is 20.8 Å². The van der Waals surface area contributed by atoms with E-state index in [2.05, 4.69) is 10.3 Å². The summed E-state index contributed by atoms with van der Waals surface area (Å²) >= 11 is 1.28. The number of ether oxygens (including phenoxy) is 1. The van der Waals surface area contributed by atoms with Crippen LogP contribution in [0.15, 0.2) is 73.1 Å². The minimum absolute atomic E-state index is 0.121. The summed E-state index contributed by atoms with van der Waals surface area (Å²) in [6, 6.07) is 18.0. The second-order valence-electron chi connectivity index (χ2n) is 6.49. The zero-order valence-corrected chi connectivity index (χ0v) is 16.4. The molecule has 0 fully saturated rings. The first-order valence-electron chi connectivity index (χ1n) is 9.27. The molecule has 0 saturated carbocycles. The largest absolute Gasteiger partial charge is 0.489 e. The lowest BCUT2D eigenvalue weighted by molar-refractivity contribution is 0.0956. The summed E-state index contributed by atoms with van der Waals surface area (Å²) < 4.78 is 21.1. The predicted octanol–water partition coefficient (Wildman–Crippen LogP) is 4.99. The average molecular weight is 406 g/mol. The summed E-state index contributed by atoms with van der Waals surface area (Å²) in [7, 11) is 0. The molecule has 0 saturated heterocycles. The van der Waals surface area contributed by atoms with Gasteiger partial charge in [0.15, 0.2) is 0 Å². The number of hydrogen-bond acceptors (Lipinski definition) is 4. The second kappa shape index (κ2) is 8.84. The Morgan fingerprint density at radius 2 is 1.93 bits per heavy atom. The Kier molecular flexibility index (Phi) is 5.81. The molecule has 4 aromatic rings. The van der Waals surface area contributed by atoms with Gasteiger partial charge in [-0.1, -0.05) is 30.3 Å². The van der Waals surface area contributed by atoms with Gasteiger partial charge in [0.25, 0.3) is 5.91 Å². The van der Waals surface area contributed by atoms with Crippen LogP contribution in [0.5, 0.6) is 5.75 Å². The number of pyridine rings is 1. The number of fused-ring (bicyclic) bond motifs is 1. The van der Waals surface area contributed by atoms with E-state index in [1.54, 1.807) is 18.5 Å². The minimum atomic E-state index is -0.347. The van der Waals surface area contributed by atoms with Gasteiger partial charge in [-0.3, -0.25) is 9.78 Å². The first-order valence-corrected chi connectivity index (χ1v) is 10.1. The molecule has 146 valence electrons. The Morgan fingerprint density at radius 3 is 2.72 bits per heavy atom. The molecule has 29 heavy (non-hydrogen) atoms. The molecule has 1 amide bonds. The van der Waals surface area contributed by atoms with Crippen LogP contribution in [0.3, 0.4) is 0 Å². The van der Waals surface area contributed by atoms with Crippen molar-refractivity contribution in [2.24, 2.45) is 0 Å². The Morgan fingerprint density at radius 1 is 1.07 bits per heavy atom. The van der Waals surface area contributed by atoms with Gasteiger partial charge in [-0.25, -0.2) is 4.39 Å². The van der Waals surface area contributed by atoms with Crippen molar-refractivity contribution in [1.82, 2.24) is 10.3 Å². The number of amides is 1. The van der Waals surface area contributed by atoms with E-state index in [0.29, 0.717) is 34.5 Å². The van der Waals surface area contributed by atoms with Crippen LogP contribution in [0.4, 0.5) is 4.39 Å². The topological polar surface area (TPSA) is 51.2 Å². The Balaban J connectivity index is 1.55. The Labute approximate surface area is 172 Å². The quantitative estimate of drug-likeness (QED) is 0.471. The summed E-state index contributed by atoms with van der Waals surface area (Å²) in [6.07, 6.45) is 4.17. The molecule has 4 nitrogen and oxygen atoms in total. The molecule has 0 aliphatic heterocycles. The third kappa shape index (κ3) is 4.43. The van der Waals surface area contributed by atoms with Gasteiger partial charge in [0.2, 0.25) is 0 Å². The predicted molar refractivity (Wildman–Crippen MR) is 113 cm³/mol. The van der Waals surface area contributed by atoms with Crippen molar-refractivity contribution in [3.8, 4) is 5.75 Å². The highest BCUT2D eigenvalue weighted by Gasteiger charge is 2.21. The summed E-state index contributed by atoms with van der Waals surface area (Å²) in [5, 5.41) is 3.38. The van der Waals surface area contributed by atoms with Gasteiger partial charge in [0.05, 0.1) is 4.88 Å².